The van der Waals surface area contributed by atoms with Crippen LogP contribution in [0.2, 0.25) is 0 Å². The number of hydrogen-bond acceptors (Lipinski definition) is 5. The van der Waals surface area contributed by atoms with Gasteiger partial charge >= 0.3 is 6.09 Å². The monoisotopic (exact) mass is 539 g/mol. The highest BCUT2D eigenvalue weighted by Gasteiger charge is 2.29. The number of ether oxygens (including phenoxy) is 2. The van der Waals surface area contributed by atoms with Crippen molar-refractivity contribution in [2.24, 2.45) is 10.9 Å². The van der Waals surface area contributed by atoms with Gasteiger partial charge in [0.2, 0.25) is 5.91 Å². The summed E-state index contributed by atoms with van der Waals surface area (Å²) in [6, 6.07) is 0.222. The van der Waals surface area contributed by atoms with Gasteiger partial charge in [-0.05, 0) is 33.1 Å². The van der Waals surface area contributed by atoms with Gasteiger partial charge in [-0.15, -0.1) is 24.0 Å². The highest BCUT2D eigenvalue weighted by Crippen LogP contribution is 2.18. The quantitative estimate of drug-likeness (QED) is 0.301. The Bertz CT molecular complexity index is 567. The summed E-state index contributed by atoms with van der Waals surface area (Å²) in [6.07, 6.45) is 2.48. The Balaban J connectivity index is 0.00000450. The Hall–Kier alpha value is -1.30. The number of halogens is 1. The number of aliphatic imine (C=N–C) groups is 1. The number of likely N-dealkylation sites (tertiary alicyclic amines) is 2. The van der Waals surface area contributed by atoms with Crippen LogP contribution in [-0.2, 0) is 14.3 Å². The molecule has 0 saturated carbocycles. The molecule has 30 heavy (non-hydrogen) atoms. The van der Waals surface area contributed by atoms with Crippen molar-refractivity contribution in [1.29, 1.82) is 0 Å². The van der Waals surface area contributed by atoms with E-state index in [4.69, 9.17) is 9.47 Å². The Kier molecular flexibility index (Phi) is 12.4. The lowest BCUT2D eigenvalue weighted by Crippen LogP contribution is -2.51. The molecule has 0 aromatic heterocycles. The van der Waals surface area contributed by atoms with Crippen LogP contribution in [-0.4, -0.2) is 105 Å². The predicted molar refractivity (Wildman–Crippen MR) is 127 cm³/mol. The minimum atomic E-state index is -0.241. The third kappa shape index (κ3) is 8.44. The second kappa shape index (κ2) is 13.9. The number of nitrogens with one attached hydrogen (secondary N) is 1. The molecule has 2 fully saturated rings. The number of nitrogens with zero attached hydrogens (tertiary/aromatic N) is 4. The van der Waals surface area contributed by atoms with Gasteiger partial charge in [0, 0.05) is 58.8 Å². The second-order valence-corrected chi connectivity index (χ2v) is 7.79. The number of likely N-dealkylation sites (N-methyl/N-ethyl adjacent to an activating group) is 1. The summed E-state index contributed by atoms with van der Waals surface area (Å²) in [5.41, 5.74) is 0. The molecule has 0 bridgehead atoms. The first kappa shape index (κ1) is 26.7. The molecule has 9 nitrogen and oxygen atoms in total. The summed E-state index contributed by atoms with van der Waals surface area (Å²) < 4.78 is 10.7. The van der Waals surface area contributed by atoms with Gasteiger partial charge in [-0.1, -0.05) is 0 Å². The molecule has 0 aliphatic carbocycles. The molecule has 174 valence electrons. The van der Waals surface area contributed by atoms with E-state index in [0.717, 1.165) is 51.5 Å². The van der Waals surface area contributed by atoms with Crippen LogP contribution in [0.5, 0.6) is 0 Å². The molecular formula is C20H38IN5O4. The van der Waals surface area contributed by atoms with Gasteiger partial charge in [-0.2, -0.15) is 0 Å². The summed E-state index contributed by atoms with van der Waals surface area (Å²) in [4.78, 5) is 34.1. The van der Waals surface area contributed by atoms with Crippen molar-refractivity contribution in [2.45, 2.75) is 39.2 Å². The molecule has 1 unspecified atom stereocenters. The van der Waals surface area contributed by atoms with Gasteiger partial charge < -0.3 is 29.5 Å². The molecule has 2 heterocycles. The van der Waals surface area contributed by atoms with E-state index in [2.05, 4.69) is 15.2 Å². The maximum absolute atomic E-state index is 12.0. The zero-order valence-electron chi connectivity index (χ0n) is 18.8. The minimum absolute atomic E-state index is 0. The summed E-state index contributed by atoms with van der Waals surface area (Å²) in [6.45, 7) is 8.94. The van der Waals surface area contributed by atoms with Crippen molar-refractivity contribution >= 4 is 41.9 Å². The molecule has 2 aliphatic rings. The Labute approximate surface area is 197 Å². The largest absolute Gasteiger partial charge is 0.450 e. The number of guanidine groups is 1. The first-order valence-corrected chi connectivity index (χ1v) is 10.7. The molecule has 2 saturated heterocycles. The van der Waals surface area contributed by atoms with Crippen molar-refractivity contribution in [3.05, 3.63) is 0 Å². The average Bonchev–Trinajstić information content (AvgIpc) is 3.18. The fourth-order valence-electron chi connectivity index (χ4n) is 3.57. The van der Waals surface area contributed by atoms with Crippen LogP contribution in [0.3, 0.4) is 0 Å². The van der Waals surface area contributed by atoms with Crippen molar-refractivity contribution < 1.29 is 19.1 Å². The first-order valence-electron chi connectivity index (χ1n) is 10.7. The third-order valence-corrected chi connectivity index (χ3v) is 5.36. The van der Waals surface area contributed by atoms with Crippen LogP contribution < -0.4 is 5.32 Å². The van der Waals surface area contributed by atoms with Crippen LogP contribution in [0.4, 0.5) is 4.79 Å². The van der Waals surface area contributed by atoms with E-state index in [1.54, 1.807) is 23.9 Å². The van der Waals surface area contributed by atoms with Crippen molar-refractivity contribution in [3.8, 4) is 0 Å². The van der Waals surface area contributed by atoms with Gasteiger partial charge in [-0.25, -0.2) is 9.79 Å². The van der Waals surface area contributed by atoms with E-state index in [1.165, 1.54) is 0 Å². The first-order chi connectivity index (χ1) is 13.9. The molecule has 0 aromatic rings. The Morgan fingerprint density at radius 1 is 1.07 bits per heavy atom. The fourth-order valence-corrected chi connectivity index (χ4v) is 3.57. The lowest BCUT2D eigenvalue weighted by Gasteiger charge is -2.34. The van der Waals surface area contributed by atoms with Gasteiger partial charge in [0.1, 0.15) is 6.54 Å². The van der Waals surface area contributed by atoms with Crippen LogP contribution in [0.1, 0.15) is 33.1 Å². The van der Waals surface area contributed by atoms with Crippen LogP contribution in [0, 0.1) is 5.92 Å². The van der Waals surface area contributed by atoms with Crippen molar-refractivity contribution in [1.82, 2.24) is 20.0 Å². The highest BCUT2D eigenvalue weighted by molar-refractivity contribution is 14.0. The third-order valence-electron chi connectivity index (χ3n) is 5.36. The summed E-state index contributed by atoms with van der Waals surface area (Å²) >= 11 is 0. The molecule has 10 heteroatoms. The van der Waals surface area contributed by atoms with Crippen molar-refractivity contribution in [3.63, 3.8) is 0 Å². The van der Waals surface area contributed by atoms with Gasteiger partial charge in [0.25, 0.3) is 0 Å². The topological polar surface area (TPSA) is 86.7 Å². The number of rotatable bonds is 7. The lowest BCUT2D eigenvalue weighted by molar-refractivity contribution is -0.127. The predicted octanol–water partition coefficient (Wildman–Crippen LogP) is 1.62. The second-order valence-electron chi connectivity index (χ2n) is 7.79. The van der Waals surface area contributed by atoms with Crippen LogP contribution in [0.25, 0.3) is 0 Å². The van der Waals surface area contributed by atoms with E-state index in [0.29, 0.717) is 25.6 Å². The number of carbonyl (C=O) groups is 2. The Morgan fingerprint density at radius 2 is 1.73 bits per heavy atom. The van der Waals surface area contributed by atoms with Crippen LogP contribution in [0.15, 0.2) is 4.99 Å². The minimum Gasteiger partial charge on any atom is -0.450 e. The number of carbonyl (C=O) groups excluding carboxylic acids is 2. The number of piperidine rings is 1. The zero-order chi connectivity index (χ0) is 21.2. The van der Waals surface area contributed by atoms with Crippen LogP contribution >= 0.6 is 24.0 Å². The van der Waals surface area contributed by atoms with Gasteiger partial charge in [-0.3, -0.25) is 4.79 Å². The summed E-state index contributed by atoms with van der Waals surface area (Å²) in [5, 5.41) is 3.55. The summed E-state index contributed by atoms with van der Waals surface area (Å²) in [7, 11) is 3.48. The van der Waals surface area contributed by atoms with E-state index in [1.807, 2.05) is 13.8 Å². The molecule has 2 rings (SSSR count). The van der Waals surface area contributed by atoms with E-state index in [-0.39, 0.29) is 48.6 Å². The zero-order valence-corrected chi connectivity index (χ0v) is 21.1. The molecule has 2 amide bonds. The van der Waals surface area contributed by atoms with Crippen molar-refractivity contribution in [2.75, 3.05) is 66.6 Å². The molecular weight excluding hydrogens is 501 g/mol. The standard InChI is InChI=1S/C20H37N5O4.HI/c1-5-28-15-16-7-10-25(14-16)19(21-13-18(26)23(3)4)22-17-8-11-24(12-9-17)20(27)29-6-2;/h16-17H,5-15H2,1-4H3,(H,21,22);1H. The van der Waals surface area contributed by atoms with E-state index >= 15 is 0 Å². The molecule has 0 aromatic carbocycles. The summed E-state index contributed by atoms with van der Waals surface area (Å²) in [5.74, 6) is 1.25. The molecule has 1 atom stereocenters. The molecule has 0 spiro atoms. The molecule has 0 radical (unpaired) electrons. The number of amides is 2. The van der Waals surface area contributed by atoms with E-state index < -0.39 is 0 Å². The van der Waals surface area contributed by atoms with E-state index in [9.17, 15) is 9.59 Å². The maximum atomic E-state index is 12.0. The highest BCUT2D eigenvalue weighted by atomic mass is 127. The van der Waals surface area contributed by atoms with Gasteiger partial charge in [0.05, 0.1) is 13.2 Å². The lowest BCUT2D eigenvalue weighted by atomic mass is 10.1. The smallest absolute Gasteiger partial charge is 0.409 e. The van der Waals surface area contributed by atoms with Gasteiger partial charge in [0.15, 0.2) is 5.96 Å². The SMILES string of the molecule is CCOCC1CCN(C(=NCC(=O)N(C)C)NC2CCN(C(=O)OCC)CC2)C1.I. The fraction of sp³-hybridized carbons (Fsp3) is 0.850. The Morgan fingerprint density at radius 3 is 2.33 bits per heavy atom. The molecule has 2 aliphatic heterocycles. The molecule has 1 N–H and O–H groups in total. The number of hydrogen-bond donors (Lipinski definition) is 1. The maximum Gasteiger partial charge on any atom is 0.409 e. The average molecular weight is 539 g/mol. The normalized spacial score (nSPS) is 20.0.